The van der Waals surface area contributed by atoms with Crippen molar-refractivity contribution in [1.82, 2.24) is 0 Å². The number of hydrogen-bond donors (Lipinski definition) is 0. The first-order valence-corrected chi connectivity index (χ1v) is 5.28. The standard InChI is InChI=1S/C13H16O3/c1-10(9-13(15)16-2)8-12(14)11-6-4-3-5-7-11/h3-7,10H,8-9H2,1-2H3. The van der Waals surface area contributed by atoms with Crippen molar-refractivity contribution in [1.29, 1.82) is 0 Å². The van der Waals surface area contributed by atoms with E-state index in [0.717, 1.165) is 0 Å². The van der Waals surface area contributed by atoms with Gasteiger partial charge < -0.3 is 4.74 Å². The minimum absolute atomic E-state index is 0.0140. The zero-order valence-corrected chi connectivity index (χ0v) is 9.60. The van der Waals surface area contributed by atoms with E-state index in [1.165, 1.54) is 7.11 Å². The third-order valence-corrected chi connectivity index (χ3v) is 2.37. The van der Waals surface area contributed by atoms with Crippen molar-refractivity contribution < 1.29 is 14.3 Å². The van der Waals surface area contributed by atoms with E-state index in [2.05, 4.69) is 4.74 Å². The van der Waals surface area contributed by atoms with Gasteiger partial charge in [-0.15, -0.1) is 0 Å². The fourth-order valence-corrected chi connectivity index (χ4v) is 1.50. The zero-order valence-electron chi connectivity index (χ0n) is 9.60. The molecule has 0 amide bonds. The van der Waals surface area contributed by atoms with Gasteiger partial charge in [-0.1, -0.05) is 37.3 Å². The van der Waals surface area contributed by atoms with Gasteiger partial charge in [0.25, 0.3) is 0 Å². The highest BCUT2D eigenvalue weighted by Gasteiger charge is 2.14. The molecule has 0 heterocycles. The van der Waals surface area contributed by atoms with Crippen molar-refractivity contribution in [2.24, 2.45) is 5.92 Å². The van der Waals surface area contributed by atoms with Gasteiger partial charge in [0.05, 0.1) is 7.11 Å². The van der Waals surface area contributed by atoms with Gasteiger partial charge in [-0.3, -0.25) is 9.59 Å². The van der Waals surface area contributed by atoms with E-state index in [1.54, 1.807) is 12.1 Å². The Bertz CT molecular complexity index is 357. The Labute approximate surface area is 95.4 Å². The van der Waals surface area contributed by atoms with Crippen LogP contribution < -0.4 is 0 Å². The van der Waals surface area contributed by atoms with E-state index < -0.39 is 0 Å². The Balaban J connectivity index is 2.49. The van der Waals surface area contributed by atoms with Crippen LogP contribution in [-0.4, -0.2) is 18.9 Å². The molecule has 3 nitrogen and oxygen atoms in total. The highest BCUT2D eigenvalue weighted by molar-refractivity contribution is 5.96. The summed E-state index contributed by atoms with van der Waals surface area (Å²) in [7, 11) is 1.36. The number of ketones is 1. The van der Waals surface area contributed by atoms with Crippen LogP contribution in [0.5, 0.6) is 0 Å². The molecule has 3 heteroatoms. The highest BCUT2D eigenvalue weighted by atomic mass is 16.5. The zero-order chi connectivity index (χ0) is 12.0. The molecule has 0 aliphatic carbocycles. The lowest BCUT2D eigenvalue weighted by Gasteiger charge is -2.08. The molecule has 1 aromatic carbocycles. The molecule has 0 aliphatic rings. The summed E-state index contributed by atoms with van der Waals surface area (Å²) in [6.45, 7) is 1.87. The normalized spacial score (nSPS) is 11.9. The van der Waals surface area contributed by atoms with Crippen LogP contribution in [0.2, 0.25) is 0 Å². The molecule has 1 unspecified atom stereocenters. The number of benzene rings is 1. The quantitative estimate of drug-likeness (QED) is 0.565. The topological polar surface area (TPSA) is 43.4 Å². The average molecular weight is 220 g/mol. The van der Waals surface area contributed by atoms with Gasteiger partial charge in [0.2, 0.25) is 0 Å². The van der Waals surface area contributed by atoms with E-state index in [0.29, 0.717) is 12.0 Å². The highest BCUT2D eigenvalue weighted by Crippen LogP contribution is 2.13. The Morgan fingerprint density at radius 3 is 2.38 bits per heavy atom. The van der Waals surface area contributed by atoms with E-state index in [4.69, 9.17) is 0 Å². The third kappa shape index (κ3) is 3.85. The van der Waals surface area contributed by atoms with E-state index in [1.807, 2.05) is 25.1 Å². The van der Waals surface area contributed by atoms with Crippen molar-refractivity contribution in [3.63, 3.8) is 0 Å². The van der Waals surface area contributed by atoms with Gasteiger partial charge in [0.1, 0.15) is 0 Å². The molecule has 16 heavy (non-hydrogen) atoms. The Morgan fingerprint density at radius 1 is 1.19 bits per heavy atom. The van der Waals surface area contributed by atoms with Crippen LogP contribution in [0.3, 0.4) is 0 Å². The molecule has 86 valence electrons. The lowest BCUT2D eigenvalue weighted by Crippen LogP contribution is -2.11. The van der Waals surface area contributed by atoms with Gasteiger partial charge in [0.15, 0.2) is 5.78 Å². The SMILES string of the molecule is COC(=O)CC(C)CC(=O)c1ccccc1. The van der Waals surface area contributed by atoms with Gasteiger partial charge in [-0.25, -0.2) is 0 Å². The number of rotatable bonds is 5. The van der Waals surface area contributed by atoms with Crippen molar-refractivity contribution in [2.45, 2.75) is 19.8 Å². The molecule has 0 spiro atoms. The fraction of sp³-hybridized carbons (Fsp3) is 0.385. The summed E-state index contributed by atoms with van der Waals surface area (Å²) in [6.07, 6.45) is 0.661. The van der Waals surface area contributed by atoms with Gasteiger partial charge in [-0.2, -0.15) is 0 Å². The number of hydrogen-bond acceptors (Lipinski definition) is 3. The second kappa shape index (κ2) is 6.05. The van der Waals surface area contributed by atoms with Crippen LogP contribution in [0, 0.1) is 5.92 Å². The molecule has 1 aromatic rings. The minimum Gasteiger partial charge on any atom is -0.469 e. The van der Waals surface area contributed by atoms with Crippen molar-refractivity contribution in [3.8, 4) is 0 Å². The molecular formula is C13H16O3. The Kier molecular flexibility index (Phi) is 4.70. The first kappa shape index (κ1) is 12.4. The maximum Gasteiger partial charge on any atom is 0.305 e. The molecule has 0 saturated carbocycles. The Morgan fingerprint density at radius 2 is 1.81 bits per heavy atom. The number of methoxy groups -OCH3 is 1. The molecule has 0 aliphatic heterocycles. The molecular weight excluding hydrogens is 204 g/mol. The maximum atomic E-state index is 11.8. The summed E-state index contributed by atoms with van der Waals surface area (Å²) in [5.74, 6) is -0.189. The molecule has 0 aromatic heterocycles. The number of carbonyl (C=O) groups excluding carboxylic acids is 2. The van der Waals surface area contributed by atoms with Gasteiger partial charge >= 0.3 is 5.97 Å². The Hall–Kier alpha value is -1.64. The van der Waals surface area contributed by atoms with Gasteiger partial charge in [-0.05, 0) is 5.92 Å². The minimum atomic E-state index is -0.270. The van der Waals surface area contributed by atoms with E-state index in [9.17, 15) is 9.59 Å². The summed E-state index contributed by atoms with van der Waals surface area (Å²) in [4.78, 5) is 22.8. The molecule has 0 fully saturated rings. The van der Waals surface area contributed by atoms with E-state index in [-0.39, 0.29) is 24.1 Å². The van der Waals surface area contributed by atoms with Crippen LogP contribution in [0.15, 0.2) is 30.3 Å². The van der Waals surface area contributed by atoms with Crippen LogP contribution in [0.4, 0.5) is 0 Å². The van der Waals surface area contributed by atoms with Crippen LogP contribution >= 0.6 is 0 Å². The van der Waals surface area contributed by atoms with Gasteiger partial charge in [0, 0.05) is 18.4 Å². The summed E-state index contributed by atoms with van der Waals surface area (Å²) in [5, 5.41) is 0. The smallest absolute Gasteiger partial charge is 0.305 e. The predicted molar refractivity (Wildman–Crippen MR) is 61.2 cm³/mol. The summed E-state index contributed by atoms with van der Waals surface area (Å²) < 4.78 is 4.56. The predicted octanol–water partition coefficient (Wildman–Crippen LogP) is 2.46. The number of esters is 1. The molecule has 0 N–H and O–H groups in total. The summed E-state index contributed by atoms with van der Waals surface area (Å²) in [6, 6.07) is 9.10. The number of Topliss-reactive ketones (excluding diaryl/α,β-unsaturated/α-hetero) is 1. The second-order valence-corrected chi connectivity index (χ2v) is 3.88. The van der Waals surface area contributed by atoms with Crippen molar-refractivity contribution in [3.05, 3.63) is 35.9 Å². The lowest BCUT2D eigenvalue weighted by molar-refractivity contribution is -0.141. The van der Waals surface area contributed by atoms with Crippen molar-refractivity contribution >= 4 is 11.8 Å². The largest absolute Gasteiger partial charge is 0.469 e. The lowest BCUT2D eigenvalue weighted by atomic mass is 9.97. The van der Waals surface area contributed by atoms with Crippen LogP contribution in [-0.2, 0) is 9.53 Å². The fourth-order valence-electron chi connectivity index (χ4n) is 1.50. The number of ether oxygens (including phenoxy) is 1. The second-order valence-electron chi connectivity index (χ2n) is 3.88. The van der Waals surface area contributed by atoms with Crippen molar-refractivity contribution in [2.75, 3.05) is 7.11 Å². The summed E-state index contributed by atoms with van der Waals surface area (Å²) in [5.41, 5.74) is 0.694. The molecule has 1 atom stereocenters. The maximum absolute atomic E-state index is 11.8. The first-order valence-electron chi connectivity index (χ1n) is 5.28. The molecule has 0 bridgehead atoms. The molecule has 1 rings (SSSR count). The molecule has 0 saturated heterocycles. The van der Waals surface area contributed by atoms with E-state index >= 15 is 0 Å². The number of carbonyl (C=O) groups is 2. The first-order chi connectivity index (χ1) is 7.63. The average Bonchev–Trinajstić information content (AvgIpc) is 2.29. The molecule has 0 radical (unpaired) electrons. The third-order valence-electron chi connectivity index (χ3n) is 2.37. The van der Waals surface area contributed by atoms with Crippen LogP contribution in [0.1, 0.15) is 30.1 Å². The monoisotopic (exact) mass is 220 g/mol. The van der Waals surface area contributed by atoms with Crippen LogP contribution in [0.25, 0.3) is 0 Å². The summed E-state index contributed by atoms with van der Waals surface area (Å²) >= 11 is 0.